The first-order chi connectivity index (χ1) is 23.7. The number of fused-ring (bicyclic) bond motifs is 4. The number of anilines is 2. The Balaban J connectivity index is 0.000000154. The van der Waals surface area contributed by atoms with E-state index in [9.17, 15) is 15.2 Å². The summed E-state index contributed by atoms with van der Waals surface area (Å²) in [6.45, 7) is 0.986. The minimum atomic E-state index is -1.07. The first-order valence-corrected chi connectivity index (χ1v) is 15.3. The fraction of sp³-hybridized carbons (Fsp3) is 0.0588. The molecule has 0 saturated carbocycles. The maximum Gasteiger partial charge on any atom is 0.338 e. The zero-order valence-electron chi connectivity index (χ0n) is 25.3. The fourth-order valence-corrected chi connectivity index (χ4v) is 6.01. The van der Waals surface area contributed by atoms with Crippen molar-refractivity contribution in [1.29, 1.82) is 5.26 Å². The highest BCUT2D eigenvalue weighted by atomic mass is 35.5. The van der Waals surface area contributed by atoms with E-state index < -0.39 is 5.97 Å². The number of nitrogens with two attached hydrogens (primary N) is 2. The van der Waals surface area contributed by atoms with Gasteiger partial charge in [0.15, 0.2) is 0 Å². The lowest BCUT2D eigenvalue weighted by molar-refractivity contribution is 0.0698. The van der Waals surface area contributed by atoms with E-state index in [0.717, 1.165) is 32.9 Å². The number of aromatic nitrogens is 8. The third-order valence-corrected chi connectivity index (χ3v) is 8.26. The molecule has 49 heavy (non-hydrogen) atoms. The van der Waals surface area contributed by atoms with Crippen molar-refractivity contribution >= 4 is 84.7 Å². The van der Waals surface area contributed by atoms with Gasteiger partial charge in [-0.25, -0.2) is 24.7 Å². The van der Waals surface area contributed by atoms with Crippen LogP contribution in [0.5, 0.6) is 0 Å². The number of carbonyl (C=O) groups is 1. The molecule has 2 aromatic carbocycles. The molecule has 0 atom stereocenters. The van der Waals surface area contributed by atoms with Gasteiger partial charge < -0.3 is 25.7 Å². The van der Waals surface area contributed by atoms with Crippen molar-refractivity contribution in [2.75, 3.05) is 11.5 Å². The Morgan fingerprint density at radius 3 is 1.78 bits per heavy atom. The van der Waals surface area contributed by atoms with Gasteiger partial charge in [0.2, 0.25) is 0 Å². The summed E-state index contributed by atoms with van der Waals surface area (Å²) in [6.07, 6.45) is 9.22. The summed E-state index contributed by atoms with van der Waals surface area (Å²) in [4.78, 5) is 36.4. The number of rotatable bonds is 5. The van der Waals surface area contributed by atoms with Gasteiger partial charge in [0.05, 0.1) is 43.0 Å². The molecule has 0 bridgehead atoms. The van der Waals surface area contributed by atoms with Gasteiger partial charge in [-0.05, 0) is 47.5 Å². The zero-order valence-corrected chi connectivity index (χ0v) is 26.8. The second-order valence-corrected chi connectivity index (χ2v) is 11.9. The molecule has 8 rings (SSSR count). The number of halogens is 2. The summed E-state index contributed by atoms with van der Waals surface area (Å²) in [5, 5.41) is 22.7. The van der Waals surface area contributed by atoms with Crippen LogP contribution in [0, 0.1) is 11.3 Å². The summed E-state index contributed by atoms with van der Waals surface area (Å²) in [6, 6.07) is 17.6. The molecule has 0 radical (unpaired) electrons. The molecule has 6 heterocycles. The molecular weight excluding hydrogens is 665 g/mol. The van der Waals surface area contributed by atoms with E-state index in [1.807, 2.05) is 53.1 Å². The Labute approximate surface area is 287 Å². The molecule has 13 nitrogen and oxygen atoms in total. The minimum absolute atomic E-state index is 0.0820. The van der Waals surface area contributed by atoms with E-state index >= 15 is 0 Å². The van der Waals surface area contributed by atoms with E-state index in [0.29, 0.717) is 56.6 Å². The summed E-state index contributed by atoms with van der Waals surface area (Å²) in [7, 11) is 0. The highest BCUT2D eigenvalue weighted by Gasteiger charge is 2.19. The molecule has 0 aliphatic carbocycles. The molecule has 8 aromatic rings. The second kappa shape index (κ2) is 12.7. The largest absolute Gasteiger partial charge is 0.478 e. The lowest BCUT2D eigenvalue weighted by Gasteiger charge is -2.06. The SMILES string of the molecule is N#Cc1cn(Cc2ccc3ncc(Cl)cc3c2)c2ncnc(N)c12.Nc1ncnc2c1c(C(=O)O)cn2Cc1ccc2ncc(Cl)cc2c1. The number of aromatic carboxylic acids is 1. The van der Waals surface area contributed by atoms with Gasteiger partial charge in [-0.15, -0.1) is 0 Å². The molecule has 5 N–H and O–H groups in total. The smallest absolute Gasteiger partial charge is 0.338 e. The van der Waals surface area contributed by atoms with E-state index in [2.05, 4.69) is 36.0 Å². The lowest BCUT2D eigenvalue weighted by Crippen LogP contribution is -2.00. The highest BCUT2D eigenvalue weighted by Crippen LogP contribution is 2.27. The summed E-state index contributed by atoms with van der Waals surface area (Å²) >= 11 is 12.0. The van der Waals surface area contributed by atoms with Gasteiger partial charge in [-0.3, -0.25) is 9.97 Å². The Bertz CT molecular complexity index is 2630. The maximum absolute atomic E-state index is 11.5. The summed E-state index contributed by atoms with van der Waals surface area (Å²) in [5.41, 5.74) is 17.1. The standard InChI is InChI=1S/C17H11ClN6.C17H12ClN5O2/c18-13-4-11-3-10(1-2-14(11)21-6-13)7-24-8-12(5-19)15-16(20)22-9-23-17(15)24;18-11-4-10-3-9(1-2-13(10)20-5-11)6-23-7-12(17(24)25)14-15(19)21-8-22-16(14)23/h1-4,6,8-9H,7H2,(H2,20,22,23);1-5,7-8H,6H2,(H,24,25)(H2,19,21,22). The third-order valence-electron chi connectivity index (χ3n) is 7.85. The van der Waals surface area contributed by atoms with Crippen LogP contribution in [-0.2, 0) is 13.1 Å². The predicted molar refractivity (Wildman–Crippen MR) is 187 cm³/mol. The summed E-state index contributed by atoms with van der Waals surface area (Å²) in [5.74, 6) is -0.611. The number of benzene rings is 2. The number of nitrogens with zero attached hydrogens (tertiary/aromatic N) is 9. The van der Waals surface area contributed by atoms with Gasteiger partial charge in [-0.2, -0.15) is 5.26 Å². The lowest BCUT2D eigenvalue weighted by atomic mass is 10.1. The quantitative estimate of drug-likeness (QED) is 0.189. The third kappa shape index (κ3) is 6.09. The van der Waals surface area contributed by atoms with Crippen molar-refractivity contribution in [1.82, 2.24) is 39.0 Å². The number of hydrogen-bond acceptors (Lipinski definition) is 10. The second-order valence-electron chi connectivity index (χ2n) is 11.0. The van der Waals surface area contributed by atoms with Crippen LogP contribution in [0.1, 0.15) is 27.0 Å². The van der Waals surface area contributed by atoms with Crippen LogP contribution in [0.3, 0.4) is 0 Å². The van der Waals surface area contributed by atoms with Crippen LogP contribution in [-0.4, -0.2) is 50.1 Å². The van der Waals surface area contributed by atoms with Crippen molar-refractivity contribution in [2.45, 2.75) is 13.1 Å². The number of carboxylic acids is 1. The summed E-state index contributed by atoms with van der Waals surface area (Å²) < 4.78 is 3.64. The van der Waals surface area contributed by atoms with E-state index in [4.69, 9.17) is 34.7 Å². The molecule has 240 valence electrons. The molecule has 0 unspecified atom stereocenters. The number of nitriles is 1. The first kappa shape index (κ1) is 31.3. The molecule has 0 aliphatic heterocycles. The van der Waals surface area contributed by atoms with Gasteiger partial charge >= 0.3 is 5.97 Å². The maximum atomic E-state index is 11.5. The predicted octanol–water partition coefficient (Wildman–Crippen LogP) is 6.10. The molecule has 0 saturated heterocycles. The van der Waals surface area contributed by atoms with Crippen LogP contribution in [0.15, 0.2) is 86.0 Å². The van der Waals surface area contributed by atoms with Crippen LogP contribution in [0.4, 0.5) is 11.6 Å². The number of pyridine rings is 2. The minimum Gasteiger partial charge on any atom is -0.478 e. The average Bonchev–Trinajstić information content (AvgIpc) is 3.64. The van der Waals surface area contributed by atoms with Crippen molar-refractivity contribution in [2.24, 2.45) is 0 Å². The van der Waals surface area contributed by atoms with Gasteiger partial charge in [-0.1, -0.05) is 35.3 Å². The zero-order chi connectivity index (χ0) is 34.2. The monoisotopic (exact) mass is 687 g/mol. The molecule has 15 heteroatoms. The van der Waals surface area contributed by atoms with E-state index in [1.54, 1.807) is 23.2 Å². The van der Waals surface area contributed by atoms with E-state index in [-0.39, 0.29) is 11.4 Å². The Morgan fingerprint density at radius 1 is 0.735 bits per heavy atom. The molecule has 0 fully saturated rings. The van der Waals surface area contributed by atoms with E-state index in [1.165, 1.54) is 18.9 Å². The first-order valence-electron chi connectivity index (χ1n) is 14.6. The Hall–Kier alpha value is -6.36. The number of hydrogen-bond donors (Lipinski definition) is 3. The van der Waals surface area contributed by atoms with Crippen molar-refractivity contribution in [3.8, 4) is 6.07 Å². The topological polar surface area (TPSA) is 200 Å². The Kier molecular flexibility index (Phi) is 8.09. The van der Waals surface area contributed by atoms with Gasteiger partial charge in [0.25, 0.3) is 0 Å². The fourth-order valence-electron chi connectivity index (χ4n) is 5.68. The van der Waals surface area contributed by atoms with Gasteiger partial charge in [0.1, 0.15) is 41.7 Å². The number of nitrogen functional groups attached to an aromatic ring is 2. The molecule has 0 amide bonds. The van der Waals surface area contributed by atoms with Crippen molar-refractivity contribution < 1.29 is 9.90 Å². The number of carboxylic acid groups (broad SMARTS) is 1. The average molecular weight is 689 g/mol. The van der Waals surface area contributed by atoms with Crippen LogP contribution < -0.4 is 11.5 Å². The molecule has 0 spiro atoms. The molecule has 6 aromatic heterocycles. The molecule has 0 aliphatic rings. The van der Waals surface area contributed by atoms with Crippen LogP contribution in [0.2, 0.25) is 10.0 Å². The highest BCUT2D eigenvalue weighted by molar-refractivity contribution is 6.31. The Morgan fingerprint density at radius 2 is 1.24 bits per heavy atom. The van der Waals surface area contributed by atoms with Crippen LogP contribution in [0.25, 0.3) is 43.9 Å². The van der Waals surface area contributed by atoms with Gasteiger partial charge in [0, 0.05) is 48.6 Å². The van der Waals surface area contributed by atoms with Crippen LogP contribution >= 0.6 is 23.2 Å². The van der Waals surface area contributed by atoms with Crippen molar-refractivity contribution in [3.05, 3.63) is 118 Å². The normalized spacial score (nSPS) is 11.1. The molecular formula is C34H23Cl2N11O2. The van der Waals surface area contributed by atoms with Crippen molar-refractivity contribution in [3.63, 3.8) is 0 Å².